The Morgan fingerprint density at radius 2 is 2.05 bits per heavy atom. The van der Waals surface area contributed by atoms with E-state index in [-0.39, 0.29) is 12.5 Å². The summed E-state index contributed by atoms with van der Waals surface area (Å²) in [6.45, 7) is 3.54. The standard InChI is InChI=1S/C16H23N3O2/c1-2-17-16(21)18-15(20)12-19-10-6-9-14(19)11-13-7-4-3-5-8-13/h3-5,7-8,14H,2,6,9-12H2,1H3,(H2,17,18,20,21). The summed E-state index contributed by atoms with van der Waals surface area (Å²) < 4.78 is 0. The highest BCUT2D eigenvalue weighted by Crippen LogP contribution is 2.20. The van der Waals surface area contributed by atoms with Gasteiger partial charge < -0.3 is 5.32 Å². The van der Waals surface area contributed by atoms with Crippen molar-refractivity contribution in [1.29, 1.82) is 0 Å². The summed E-state index contributed by atoms with van der Waals surface area (Å²) in [5.41, 5.74) is 1.29. The quantitative estimate of drug-likeness (QED) is 0.864. The fourth-order valence-electron chi connectivity index (χ4n) is 2.78. The highest BCUT2D eigenvalue weighted by Gasteiger charge is 2.26. The zero-order chi connectivity index (χ0) is 15.1. The molecule has 114 valence electrons. The fourth-order valence-corrected chi connectivity index (χ4v) is 2.78. The Morgan fingerprint density at radius 3 is 2.76 bits per heavy atom. The van der Waals surface area contributed by atoms with E-state index in [0.717, 1.165) is 25.8 Å². The number of benzene rings is 1. The molecule has 5 heteroatoms. The number of nitrogens with one attached hydrogen (secondary N) is 2. The number of hydrogen-bond acceptors (Lipinski definition) is 3. The Hall–Kier alpha value is -1.88. The maximum absolute atomic E-state index is 11.9. The lowest BCUT2D eigenvalue weighted by Crippen LogP contribution is -2.45. The van der Waals surface area contributed by atoms with Gasteiger partial charge in [0.2, 0.25) is 5.91 Å². The highest BCUT2D eigenvalue weighted by atomic mass is 16.2. The molecule has 1 heterocycles. The Kier molecular flexibility index (Phi) is 5.75. The molecule has 1 aromatic rings. The van der Waals surface area contributed by atoms with Crippen molar-refractivity contribution in [2.75, 3.05) is 19.6 Å². The predicted octanol–water partition coefficient (Wildman–Crippen LogP) is 1.54. The van der Waals surface area contributed by atoms with Crippen molar-refractivity contribution in [2.45, 2.75) is 32.2 Å². The van der Waals surface area contributed by atoms with Crippen LogP contribution in [0.3, 0.4) is 0 Å². The Labute approximate surface area is 125 Å². The molecule has 0 aromatic heterocycles. The summed E-state index contributed by atoms with van der Waals surface area (Å²) >= 11 is 0. The first kappa shape index (κ1) is 15.5. The fraction of sp³-hybridized carbons (Fsp3) is 0.500. The number of nitrogens with zero attached hydrogens (tertiary/aromatic N) is 1. The van der Waals surface area contributed by atoms with Gasteiger partial charge in [-0.05, 0) is 38.3 Å². The molecule has 3 amide bonds. The molecule has 2 N–H and O–H groups in total. The summed E-state index contributed by atoms with van der Waals surface area (Å²) in [5, 5.41) is 4.92. The second kappa shape index (κ2) is 7.78. The zero-order valence-electron chi connectivity index (χ0n) is 12.5. The summed E-state index contributed by atoms with van der Waals surface area (Å²) in [5.74, 6) is -0.235. The first-order valence-electron chi connectivity index (χ1n) is 7.54. The van der Waals surface area contributed by atoms with Crippen molar-refractivity contribution in [3.05, 3.63) is 35.9 Å². The van der Waals surface area contributed by atoms with Crippen LogP contribution in [0.2, 0.25) is 0 Å². The molecular formula is C16H23N3O2. The van der Waals surface area contributed by atoms with Gasteiger partial charge >= 0.3 is 6.03 Å². The summed E-state index contributed by atoms with van der Waals surface area (Å²) in [6, 6.07) is 10.3. The van der Waals surface area contributed by atoms with E-state index < -0.39 is 6.03 Å². The normalized spacial score (nSPS) is 18.4. The predicted molar refractivity (Wildman–Crippen MR) is 82.0 cm³/mol. The third-order valence-electron chi connectivity index (χ3n) is 3.75. The van der Waals surface area contributed by atoms with Crippen LogP contribution in [0.1, 0.15) is 25.3 Å². The molecule has 5 nitrogen and oxygen atoms in total. The van der Waals surface area contributed by atoms with Crippen LogP contribution in [0.25, 0.3) is 0 Å². The van der Waals surface area contributed by atoms with Gasteiger partial charge in [-0.1, -0.05) is 30.3 Å². The van der Waals surface area contributed by atoms with Gasteiger partial charge in [-0.25, -0.2) is 4.79 Å². The number of amides is 3. The van der Waals surface area contributed by atoms with Gasteiger partial charge in [-0.15, -0.1) is 0 Å². The molecule has 0 radical (unpaired) electrons. The molecule has 0 saturated carbocycles. The average Bonchev–Trinajstić information content (AvgIpc) is 2.87. The second-order valence-electron chi connectivity index (χ2n) is 5.36. The van der Waals surface area contributed by atoms with E-state index in [9.17, 15) is 9.59 Å². The molecule has 1 aromatic carbocycles. The van der Waals surface area contributed by atoms with Gasteiger partial charge in [0.15, 0.2) is 0 Å². The van der Waals surface area contributed by atoms with Crippen molar-refractivity contribution < 1.29 is 9.59 Å². The van der Waals surface area contributed by atoms with E-state index in [1.165, 1.54) is 5.56 Å². The van der Waals surface area contributed by atoms with Crippen LogP contribution in [0.5, 0.6) is 0 Å². The average molecular weight is 289 g/mol. The van der Waals surface area contributed by atoms with E-state index in [4.69, 9.17) is 0 Å². The van der Waals surface area contributed by atoms with Crippen LogP contribution in [-0.4, -0.2) is 42.5 Å². The van der Waals surface area contributed by atoms with Crippen molar-refractivity contribution in [3.63, 3.8) is 0 Å². The molecule has 21 heavy (non-hydrogen) atoms. The highest BCUT2D eigenvalue weighted by molar-refractivity contribution is 5.95. The van der Waals surface area contributed by atoms with E-state index in [1.807, 2.05) is 25.1 Å². The minimum atomic E-state index is -0.415. The number of rotatable bonds is 5. The van der Waals surface area contributed by atoms with Crippen LogP contribution in [0.15, 0.2) is 30.3 Å². The largest absolute Gasteiger partial charge is 0.338 e. The minimum absolute atomic E-state index is 0.235. The van der Waals surface area contributed by atoms with Crippen molar-refractivity contribution in [2.24, 2.45) is 0 Å². The summed E-state index contributed by atoms with van der Waals surface area (Å²) in [4.78, 5) is 25.4. The minimum Gasteiger partial charge on any atom is -0.338 e. The zero-order valence-corrected chi connectivity index (χ0v) is 12.5. The topological polar surface area (TPSA) is 61.4 Å². The van der Waals surface area contributed by atoms with Gasteiger partial charge in [-0.3, -0.25) is 15.0 Å². The van der Waals surface area contributed by atoms with Gasteiger partial charge in [-0.2, -0.15) is 0 Å². The first-order chi connectivity index (χ1) is 10.2. The van der Waals surface area contributed by atoms with Crippen LogP contribution in [0, 0.1) is 0 Å². The SMILES string of the molecule is CCNC(=O)NC(=O)CN1CCCC1Cc1ccccc1. The summed E-state index contributed by atoms with van der Waals surface area (Å²) in [6.07, 6.45) is 3.16. The van der Waals surface area contributed by atoms with Crippen LogP contribution in [0.4, 0.5) is 4.79 Å². The molecular weight excluding hydrogens is 266 g/mol. The van der Waals surface area contributed by atoms with Crippen molar-refractivity contribution >= 4 is 11.9 Å². The van der Waals surface area contributed by atoms with Gasteiger partial charge in [0.1, 0.15) is 0 Å². The number of carbonyl (C=O) groups is 2. The van der Waals surface area contributed by atoms with Crippen molar-refractivity contribution in [3.8, 4) is 0 Å². The molecule has 1 unspecified atom stereocenters. The third-order valence-corrected chi connectivity index (χ3v) is 3.75. The smallest absolute Gasteiger partial charge is 0.321 e. The molecule has 0 aliphatic carbocycles. The van der Waals surface area contributed by atoms with Crippen LogP contribution >= 0.6 is 0 Å². The molecule has 1 atom stereocenters. The number of likely N-dealkylation sites (tertiary alicyclic amines) is 1. The van der Waals surface area contributed by atoms with E-state index in [2.05, 4.69) is 27.7 Å². The first-order valence-corrected chi connectivity index (χ1v) is 7.54. The molecule has 1 fully saturated rings. The maximum atomic E-state index is 11.9. The monoisotopic (exact) mass is 289 g/mol. The maximum Gasteiger partial charge on any atom is 0.321 e. The molecule has 2 rings (SSSR count). The van der Waals surface area contributed by atoms with E-state index in [1.54, 1.807) is 0 Å². The van der Waals surface area contributed by atoms with Crippen molar-refractivity contribution in [1.82, 2.24) is 15.5 Å². The molecule has 1 saturated heterocycles. The number of imide groups is 1. The van der Waals surface area contributed by atoms with E-state index in [0.29, 0.717) is 12.6 Å². The second-order valence-corrected chi connectivity index (χ2v) is 5.36. The Balaban J connectivity index is 1.84. The lowest BCUT2D eigenvalue weighted by atomic mass is 10.0. The Bertz CT molecular complexity index is 476. The third kappa shape index (κ3) is 4.86. The molecule has 1 aliphatic heterocycles. The van der Waals surface area contributed by atoms with Gasteiger partial charge in [0.05, 0.1) is 6.54 Å². The van der Waals surface area contributed by atoms with E-state index >= 15 is 0 Å². The Morgan fingerprint density at radius 1 is 1.29 bits per heavy atom. The number of hydrogen-bond donors (Lipinski definition) is 2. The van der Waals surface area contributed by atoms with Gasteiger partial charge in [0, 0.05) is 12.6 Å². The number of urea groups is 1. The van der Waals surface area contributed by atoms with Gasteiger partial charge in [0.25, 0.3) is 0 Å². The molecule has 1 aliphatic rings. The molecule has 0 spiro atoms. The van der Waals surface area contributed by atoms with Crippen LogP contribution in [-0.2, 0) is 11.2 Å². The molecule has 0 bridgehead atoms. The lowest BCUT2D eigenvalue weighted by Gasteiger charge is -2.23. The summed E-state index contributed by atoms with van der Waals surface area (Å²) in [7, 11) is 0. The number of carbonyl (C=O) groups excluding carboxylic acids is 2. The lowest BCUT2D eigenvalue weighted by molar-refractivity contribution is -0.121. The van der Waals surface area contributed by atoms with Crippen LogP contribution < -0.4 is 10.6 Å².